The average Bonchev–Trinajstić information content (AvgIpc) is 2.73. The Kier molecular flexibility index (Phi) is 5.16. The van der Waals surface area contributed by atoms with Gasteiger partial charge in [-0.25, -0.2) is 14.4 Å². The molecule has 0 aliphatic carbocycles. The van der Waals surface area contributed by atoms with E-state index >= 15 is 0 Å². The molecular weight excluding hydrogens is 367 g/mol. The minimum atomic E-state index is -0.396. The van der Waals surface area contributed by atoms with Crippen LogP contribution in [0.3, 0.4) is 0 Å². The minimum Gasteiger partial charge on any atom is -0.345 e. The second-order valence-corrected chi connectivity index (χ2v) is 6.72. The summed E-state index contributed by atoms with van der Waals surface area (Å²) in [6, 6.07) is 21.4. The molecule has 1 heterocycles. The zero-order valence-electron chi connectivity index (χ0n) is 15.8. The number of fused-ring (bicyclic) bond motifs is 1. The number of hydrogen-bond donors (Lipinski definition) is 2. The lowest BCUT2D eigenvalue weighted by Gasteiger charge is -2.11. The summed E-state index contributed by atoms with van der Waals surface area (Å²) in [5.74, 6) is -0.0775. The van der Waals surface area contributed by atoms with Gasteiger partial charge < -0.3 is 10.6 Å². The molecule has 29 heavy (non-hydrogen) atoms. The molecule has 0 bridgehead atoms. The number of amides is 1. The van der Waals surface area contributed by atoms with Gasteiger partial charge in [0, 0.05) is 17.6 Å². The number of aromatic nitrogens is 2. The van der Waals surface area contributed by atoms with Gasteiger partial charge in [0.1, 0.15) is 11.6 Å². The third kappa shape index (κ3) is 4.38. The third-order valence-electron chi connectivity index (χ3n) is 4.45. The van der Waals surface area contributed by atoms with Crippen molar-refractivity contribution in [3.05, 3.63) is 95.6 Å². The Hall–Kier alpha value is -3.80. The van der Waals surface area contributed by atoms with Crippen molar-refractivity contribution in [1.29, 1.82) is 0 Å². The molecule has 144 valence electrons. The van der Waals surface area contributed by atoms with Crippen molar-refractivity contribution in [3.8, 4) is 0 Å². The number of benzene rings is 3. The Morgan fingerprint density at radius 2 is 1.76 bits per heavy atom. The Morgan fingerprint density at radius 1 is 0.966 bits per heavy atom. The molecule has 0 spiro atoms. The van der Waals surface area contributed by atoms with E-state index in [2.05, 4.69) is 20.6 Å². The molecule has 0 radical (unpaired) electrons. The van der Waals surface area contributed by atoms with Crippen molar-refractivity contribution in [2.75, 3.05) is 5.32 Å². The van der Waals surface area contributed by atoms with E-state index in [0.717, 1.165) is 22.2 Å². The molecule has 0 aliphatic heterocycles. The van der Waals surface area contributed by atoms with E-state index in [4.69, 9.17) is 0 Å². The van der Waals surface area contributed by atoms with E-state index in [1.807, 2.05) is 55.5 Å². The minimum absolute atomic E-state index is 0.0703. The summed E-state index contributed by atoms with van der Waals surface area (Å²) in [7, 11) is 0. The van der Waals surface area contributed by atoms with Crippen molar-refractivity contribution in [2.24, 2.45) is 0 Å². The molecule has 2 N–H and O–H groups in total. The number of carbonyl (C=O) groups is 1. The highest BCUT2D eigenvalue weighted by molar-refractivity contribution is 5.97. The first-order chi connectivity index (χ1) is 14.1. The molecule has 3 aromatic carbocycles. The third-order valence-corrected chi connectivity index (χ3v) is 4.45. The van der Waals surface area contributed by atoms with Gasteiger partial charge in [0.25, 0.3) is 5.91 Å². The average molecular weight is 386 g/mol. The number of para-hydroxylation sites is 1. The maximum Gasteiger partial charge on any atom is 0.289 e. The van der Waals surface area contributed by atoms with Crippen molar-refractivity contribution in [1.82, 2.24) is 15.3 Å². The van der Waals surface area contributed by atoms with Gasteiger partial charge >= 0.3 is 0 Å². The van der Waals surface area contributed by atoms with Gasteiger partial charge in [-0.1, -0.05) is 36.4 Å². The predicted molar refractivity (Wildman–Crippen MR) is 112 cm³/mol. The molecule has 4 aromatic rings. The van der Waals surface area contributed by atoms with Crippen LogP contribution in [-0.4, -0.2) is 15.9 Å². The van der Waals surface area contributed by atoms with Gasteiger partial charge in [-0.15, -0.1) is 0 Å². The molecule has 5 nitrogen and oxygen atoms in total. The molecule has 0 saturated heterocycles. The number of nitrogens with one attached hydrogen (secondary N) is 2. The lowest BCUT2D eigenvalue weighted by Crippen LogP contribution is -2.25. The summed E-state index contributed by atoms with van der Waals surface area (Å²) >= 11 is 0. The number of nitrogens with zero attached hydrogens (tertiary/aromatic N) is 2. The lowest BCUT2D eigenvalue weighted by molar-refractivity contribution is 0.0941. The Balaban J connectivity index is 1.62. The fraction of sp³-hybridized carbons (Fsp3) is 0.0870. The smallest absolute Gasteiger partial charge is 0.289 e. The molecular formula is C23H19FN4O. The van der Waals surface area contributed by atoms with Crippen LogP contribution in [0.15, 0.2) is 72.8 Å². The molecule has 1 amide bonds. The Labute approximate surface area is 167 Å². The normalized spacial score (nSPS) is 10.7. The summed E-state index contributed by atoms with van der Waals surface area (Å²) in [5.41, 5.74) is 3.46. The molecule has 4 rings (SSSR count). The highest BCUT2D eigenvalue weighted by Crippen LogP contribution is 2.24. The Morgan fingerprint density at radius 3 is 2.55 bits per heavy atom. The molecule has 0 aliphatic rings. The quantitative estimate of drug-likeness (QED) is 0.519. The van der Waals surface area contributed by atoms with Crippen molar-refractivity contribution in [2.45, 2.75) is 13.5 Å². The zero-order valence-corrected chi connectivity index (χ0v) is 15.8. The van der Waals surface area contributed by atoms with E-state index in [-0.39, 0.29) is 18.2 Å². The van der Waals surface area contributed by atoms with E-state index in [0.29, 0.717) is 11.3 Å². The Bertz CT molecular complexity index is 1180. The SMILES string of the molecule is Cc1cccc(Nc2nc(C(=O)NCc3ccc(F)cc3)nc3ccccc23)c1. The number of rotatable bonds is 5. The molecule has 0 atom stereocenters. The molecule has 6 heteroatoms. The number of hydrogen-bond acceptors (Lipinski definition) is 4. The predicted octanol–water partition coefficient (Wildman–Crippen LogP) is 4.75. The van der Waals surface area contributed by atoms with Crippen LogP contribution >= 0.6 is 0 Å². The van der Waals surface area contributed by atoms with E-state index in [9.17, 15) is 9.18 Å². The summed E-state index contributed by atoms with van der Waals surface area (Å²) in [6.07, 6.45) is 0. The van der Waals surface area contributed by atoms with Gasteiger partial charge in [0.2, 0.25) is 5.82 Å². The lowest BCUT2D eigenvalue weighted by atomic mass is 10.2. The van der Waals surface area contributed by atoms with E-state index < -0.39 is 5.91 Å². The summed E-state index contributed by atoms with van der Waals surface area (Å²) in [4.78, 5) is 21.5. The van der Waals surface area contributed by atoms with Gasteiger partial charge in [-0.05, 0) is 54.4 Å². The fourth-order valence-corrected chi connectivity index (χ4v) is 3.00. The second kappa shape index (κ2) is 8.06. The van der Waals surface area contributed by atoms with E-state index in [1.165, 1.54) is 12.1 Å². The van der Waals surface area contributed by atoms with Gasteiger partial charge in [-0.3, -0.25) is 4.79 Å². The monoisotopic (exact) mass is 386 g/mol. The summed E-state index contributed by atoms with van der Waals surface area (Å²) in [5, 5.41) is 6.90. The first-order valence-electron chi connectivity index (χ1n) is 9.21. The van der Waals surface area contributed by atoms with Crippen LogP contribution in [0.25, 0.3) is 10.9 Å². The molecule has 0 saturated carbocycles. The highest BCUT2D eigenvalue weighted by atomic mass is 19.1. The van der Waals surface area contributed by atoms with Crippen LogP contribution in [0.5, 0.6) is 0 Å². The van der Waals surface area contributed by atoms with Crippen molar-refractivity contribution < 1.29 is 9.18 Å². The molecule has 0 fully saturated rings. The van der Waals surface area contributed by atoms with Gasteiger partial charge in [0.15, 0.2) is 0 Å². The van der Waals surface area contributed by atoms with Gasteiger partial charge in [0.05, 0.1) is 5.52 Å². The van der Waals surface area contributed by atoms with Gasteiger partial charge in [-0.2, -0.15) is 0 Å². The largest absolute Gasteiger partial charge is 0.345 e. The standard InChI is InChI=1S/C23H19FN4O/c1-15-5-4-6-18(13-15)26-21-19-7-2-3-8-20(19)27-22(28-21)23(29)25-14-16-9-11-17(24)12-10-16/h2-13H,14H2,1H3,(H,25,29)(H,26,27,28). The van der Waals surface area contributed by atoms with Crippen LogP contribution in [-0.2, 0) is 6.54 Å². The topological polar surface area (TPSA) is 66.9 Å². The highest BCUT2D eigenvalue weighted by Gasteiger charge is 2.14. The number of aryl methyl sites for hydroxylation is 1. The van der Waals surface area contributed by atoms with Crippen molar-refractivity contribution >= 4 is 28.3 Å². The van der Waals surface area contributed by atoms with E-state index in [1.54, 1.807) is 12.1 Å². The first kappa shape index (κ1) is 18.6. The van der Waals surface area contributed by atoms with Crippen LogP contribution in [0, 0.1) is 12.7 Å². The number of halogens is 1. The fourth-order valence-electron chi connectivity index (χ4n) is 3.00. The summed E-state index contributed by atoms with van der Waals surface area (Å²) in [6.45, 7) is 2.27. The van der Waals surface area contributed by atoms with Crippen LogP contribution in [0.2, 0.25) is 0 Å². The summed E-state index contributed by atoms with van der Waals surface area (Å²) < 4.78 is 13.0. The number of carbonyl (C=O) groups excluding carboxylic acids is 1. The zero-order chi connectivity index (χ0) is 20.2. The van der Waals surface area contributed by atoms with Crippen LogP contribution in [0.4, 0.5) is 15.9 Å². The second-order valence-electron chi connectivity index (χ2n) is 6.72. The van der Waals surface area contributed by atoms with Crippen LogP contribution in [0.1, 0.15) is 21.7 Å². The number of anilines is 2. The molecule has 1 aromatic heterocycles. The molecule has 0 unspecified atom stereocenters. The maximum atomic E-state index is 13.0. The maximum absolute atomic E-state index is 13.0. The van der Waals surface area contributed by atoms with Crippen LogP contribution < -0.4 is 10.6 Å². The first-order valence-corrected chi connectivity index (χ1v) is 9.21. The van der Waals surface area contributed by atoms with Crippen molar-refractivity contribution in [3.63, 3.8) is 0 Å².